The molecule has 5 rings (SSSR count). The number of aromatic nitrogens is 1. The number of rotatable bonds is 6. The van der Waals surface area contributed by atoms with E-state index in [9.17, 15) is 13.6 Å². The predicted molar refractivity (Wildman–Crippen MR) is 112 cm³/mol. The molecule has 1 aromatic carbocycles. The number of halogens is 2. The molecule has 3 fully saturated rings. The van der Waals surface area contributed by atoms with E-state index in [0.29, 0.717) is 34.3 Å². The summed E-state index contributed by atoms with van der Waals surface area (Å²) < 4.78 is 27.9. The summed E-state index contributed by atoms with van der Waals surface area (Å²) in [6.07, 6.45) is 9.52. The highest BCUT2D eigenvalue weighted by atomic mass is 19.1. The molecule has 2 saturated carbocycles. The van der Waals surface area contributed by atoms with Crippen molar-refractivity contribution in [3.8, 4) is 11.3 Å². The molecule has 1 aliphatic heterocycles. The highest BCUT2D eigenvalue weighted by Crippen LogP contribution is 2.45. The minimum absolute atomic E-state index is 0.0973. The lowest BCUT2D eigenvalue weighted by atomic mass is 10.0. The van der Waals surface area contributed by atoms with Gasteiger partial charge in [0.05, 0.1) is 16.9 Å². The van der Waals surface area contributed by atoms with Crippen LogP contribution in [0.15, 0.2) is 30.5 Å². The van der Waals surface area contributed by atoms with Crippen LogP contribution in [0.1, 0.15) is 55.3 Å². The van der Waals surface area contributed by atoms with Gasteiger partial charge in [-0.05, 0) is 75.0 Å². The summed E-state index contributed by atoms with van der Waals surface area (Å²) in [7, 11) is 0. The minimum Gasteiger partial charge on any atom is -0.369 e. The van der Waals surface area contributed by atoms with Gasteiger partial charge in [0, 0.05) is 37.0 Å². The topological polar surface area (TPSA) is 45.2 Å². The van der Waals surface area contributed by atoms with E-state index in [0.717, 1.165) is 38.4 Å². The first-order valence-corrected chi connectivity index (χ1v) is 11.1. The minimum atomic E-state index is -0.645. The third-order valence-electron chi connectivity index (χ3n) is 6.53. The number of benzene rings is 1. The molecule has 2 aromatic rings. The van der Waals surface area contributed by atoms with Crippen LogP contribution in [0.3, 0.4) is 0 Å². The van der Waals surface area contributed by atoms with Gasteiger partial charge < -0.3 is 10.2 Å². The van der Waals surface area contributed by atoms with Gasteiger partial charge >= 0.3 is 0 Å². The Morgan fingerprint density at radius 3 is 2.23 bits per heavy atom. The molecule has 2 heterocycles. The summed E-state index contributed by atoms with van der Waals surface area (Å²) in [5.41, 5.74) is 2.09. The molecule has 0 unspecified atom stereocenters. The van der Waals surface area contributed by atoms with E-state index in [4.69, 9.17) is 0 Å². The molecular formula is C24H27F2N3O. The Morgan fingerprint density at radius 1 is 1.00 bits per heavy atom. The molecule has 4 nitrogen and oxygen atoms in total. The molecule has 1 aromatic heterocycles. The summed E-state index contributed by atoms with van der Waals surface area (Å²) >= 11 is 0. The van der Waals surface area contributed by atoms with E-state index >= 15 is 0 Å². The fourth-order valence-electron chi connectivity index (χ4n) is 4.74. The zero-order valence-corrected chi connectivity index (χ0v) is 17.0. The van der Waals surface area contributed by atoms with E-state index in [1.54, 1.807) is 12.3 Å². The Hall–Kier alpha value is -2.50. The van der Waals surface area contributed by atoms with Crippen LogP contribution in [0.25, 0.3) is 11.3 Å². The molecule has 6 heteroatoms. The molecule has 3 aliphatic rings. The highest BCUT2D eigenvalue weighted by Gasteiger charge is 2.42. The maximum Gasteiger partial charge on any atom is 0.253 e. The van der Waals surface area contributed by atoms with E-state index in [1.807, 2.05) is 0 Å². The van der Waals surface area contributed by atoms with Gasteiger partial charge in [-0.15, -0.1) is 0 Å². The molecule has 1 N–H and O–H groups in total. The molecule has 1 amide bonds. The maximum absolute atomic E-state index is 13.9. The van der Waals surface area contributed by atoms with E-state index in [-0.39, 0.29) is 11.9 Å². The summed E-state index contributed by atoms with van der Waals surface area (Å²) in [5, 5.41) is 3.30. The van der Waals surface area contributed by atoms with Crippen molar-refractivity contribution >= 4 is 11.6 Å². The normalized spacial score (nSPS) is 19.2. The molecule has 158 valence electrons. The lowest BCUT2D eigenvalue weighted by Gasteiger charge is -2.32. The fourth-order valence-corrected chi connectivity index (χ4v) is 4.74. The number of nitrogens with zero attached hydrogens (tertiary/aromatic N) is 2. The molecule has 0 atom stereocenters. The Morgan fingerprint density at radius 2 is 1.63 bits per heavy atom. The molecule has 2 aliphatic carbocycles. The van der Waals surface area contributed by atoms with Gasteiger partial charge in [0.2, 0.25) is 0 Å². The van der Waals surface area contributed by atoms with Gasteiger partial charge in [-0.3, -0.25) is 9.78 Å². The Labute approximate surface area is 175 Å². The smallest absolute Gasteiger partial charge is 0.253 e. The van der Waals surface area contributed by atoms with Gasteiger partial charge in [-0.1, -0.05) is 0 Å². The van der Waals surface area contributed by atoms with Crippen LogP contribution in [0.4, 0.5) is 14.5 Å². The monoisotopic (exact) mass is 411 g/mol. The molecule has 0 spiro atoms. The summed E-state index contributed by atoms with van der Waals surface area (Å²) in [4.78, 5) is 20.0. The highest BCUT2D eigenvalue weighted by molar-refractivity contribution is 6.03. The number of carbonyl (C=O) groups is 1. The number of carbonyl (C=O) groups excluding carboxylic acids is 1. The maximum atomic E-state index is 13.9. The van der Waals surface area contributed by atoms with Crippen molar-refractivity contribution in [2.24, 2.45) is 11.8 Å². The number of pyridine rings is 1. The molecule has 0 radical (unpaired) electrons. The predicted octanol–water partition coefficient (Wildman–Crippen LogP) is 4.94. The number of hydrogen-bond donors (Lipinski definition) is 1. The Kier molecular flexibility index (Phi) is 5.17. The lowest BCUT2D eigenvalue weighted by Crippen LogP contribution is -2.39. The van der Waals surface area contributed by atoms with Crippen molar-refractivity contribution in [3.63, 3.8) is 0 Å². The second-order valence-electron chi connectivity index (χ2n) is 8.94. The van der Waals surface area contributed by atoms with E-state index in [1.165, 1.54) is 37.8 Å². The molecule has 0 bridgehead atoms. The van der Waals surface area contributed by atoms with Gasteiger partial charge in [0.1, 0.15) is 11.6 Å². The van der Waals surface area contributed by atoms with Crippen molar-refractivity contribution in [3.05, 3.63) is 47.7 Å². The average Bonchev–Trinajstić information content (AvgIpc) is 3.65. The van der Waals surface area contributed by atoms with Gasteiger partial charge in [-0.25, -0.2) is 8.78 Å². The van der Waals surface area contributed by atoms with Gasteiger partial charge in [0.25, 0.3) is 5.91 Å². The zero-order chi connectivity index (χ0) is 20.7. The number of piperidine rings is 1. The third kappa shape index (κ3) is 4.05. The first-order valence-electron chi connectivity index (χ1n) is 11.1. The fraction of sp³-hybridized carbons (Fsp3) is 0.500. The van der Waals surface area contributed by atoms with Crippen LogP contribution in [0, 0.1) is 23.5 Å². The number of nitrogens with one attached hydrogen (secondary N) is 1. The van der Waals surface area contributed by atoms with E-state index < -0.39 is 11.6 Å². The second-order valence-corrected chi connectivity index (χ2v) is 8.94. The van der Waals surface area contributed by atoms with Crippen LogP contribution in [0.5, 0.6) is 0 Å². The SMILES string of the molecule is O=C(NC(C1CC1)C1CC1)c1ccnc(-c2cc(F)cc(F)c2)c1N1CCCCC1. The first kappa shape index (κ1) is 19.5. The van der Waals surface area contributed by atoms with Crippen LogP contribution in [-0.2, 0) is 0 Å². The zero-order valence-electron chi connectivity index (χ0n) is 17.0. The van der Waals surface area contributed by atoms with Crippen molar-refractivity contribution in [2.45, 2.75) is 51.0 Å². The van der Waals surface area contributed by atoms with Crippen LogP contribution in [-0.4, -0.2) is 30.0 Å². The van der Waals surface area contributed by atoms with Gasteiger partial charge in [0.15, 0.2) is 0 Å². The molecule has 30 heavy (non-hydrogen) atoms. The third-order valence-corrected chi connectivity index (χ3v) is 6.53. The summed E-state index contributed by atoms with van der Waals surface area (Å²) in [6.45, 7) is 1.62. The lowest BCUT2D eigenvalue weighted by molar-refractivity contribution is 0.0926. The average molecular weight is 411 g/mol. The molecule has 1 saturated heterocycles. The van der Waals surface area contributed by atoms with E-state index in [2.05, 4.69) is 15.2 Å². The van der Waals surface area contributed by atoms with Crippen molar-refractivity contribution in [1.82, 2.24) is 10.3 Å². The second kappa shape index (κ2) is 7.97. The summed E-state index contributed by atoms with van der Waals surface area (Å²) in [5.74, 6) is -0.195. The molecular weight excluding hydrogens is 384 g/mol. The van der Waals surface area contributed by atoms with Crippen molar-refractivity contribution in [1.29, 1.82) is 0 Å². The number of anilines is 1. The van der Waals surface area contributed by atoms with Gasteiger partial charge in [-0.2, -0.15) is 0 Å². The van der Waals surface area contributed by atoms with Crippen molar-refractivity contribution < 1.29 is 13.6 Å². The Bertz CT molecular complexity index is 917. The Balaban J connectivity index is 1.55. The van der Waals surface area contributed by atoms with Crippen molar-refractivity contribution in [2.75, 3.05) is 18.0 Å². The quantitative estimate of drug-likeness (QED) is 0.733. The van der Waals surface area contributed by atoms with Crippen LogP contribution >= 0.6 is 0 Å². The van der Waals surface area contributed by atoms with Crippen LogP contribution < -0.4 is 10.2 Å². The first-order chi connectivity index (χ1) is 14.6. The largest absolute Gasteiger partial charge is 0.369 e. The number of hydrogen-bond acceptors (Lipinski definition) is 3. The van der Waals surface area contributed by atoms with Crippen LogP contribution in [0.2, 0.25) is 0 Å². The summed E-state index contributed by atoms with van der Waals surface area (Å²) in [6, 6.07) is 5.43. The number of amides is 1. The standard InChI is InChI=1S/C24H27F2N3O/c25-18-12-17(13-19(26)14-18)22-23(29-10-2-1-3-11-29)20(8-9-27-22)24(30)28-21(15-4-5-15)16-6-7-16/h8-9,12-16,21H,1-7,10-11H2,(H,28,30).